The van der Waals surface area contributed by atoms with Crippen molar-refractivity contribution in [3.63, 3.8) is 0 Å². The van der Waals surface area contributed by atoms with Crippen LogP contribution >= 0.6 is 0 Å². The Morgan fingerprint density at radius 1 is 1.22 bits per heavy atom. The number of carbonyl (C=O) groups excluding carboxylic acids is 1. The van der Waals surface area contributed by atoms with Gasteiger partial charge in [0, 0.05) is 19.5 Å². The highest BCUT2D eigenvalue weighted by molar-refractivity contribution is 5.76. The van der Waals surface area contributed by atoms with Gasteiger partial charge in [-0.05, 0) is 37.5 Å². The fourth-order valence-electron chi connectivity index (χ4n) is 3.26. The van der Waals surface area contributed by atoms with Crippen molar-refractivity contribution in [3.8, 4) is 0 Å². The maximum Gasteiger partial charge on any atom is 0.222 e. The molecule has 0 aromatic heterocycles. The number of aliphatic hydroxyl groups excluding tert-OH is 1. The molecule has 1 amide bonds. The van der Waals surface area contributed by atoms with Gasteiger partial charge in [-0.3, -0.25) is 4.79 Å². The fraction of sp³-hybridized carbons (Fsp3) is 0.933. The normalized spacial score (nSPS) is 29.1. The molecule has 2 aliphatic rings. The quantitative estimate of drug-likeness (QED) is 0.840. The zero-order valence-electron chi connectivity index (χ0n) is 11.6. The Bertz CT molecular complexity index is 274. The van der Waals surface area contributed by atoms with E-state index >= 15 is 0 Å². The van der Waals surface area contributed by atoms with E-state index in [-0.39, 0.29) is 12.0 Å². The van der Waals surface area contributed by atoms with E-state index in [0.717, 1.165) is 32.2 Å². The summed E-state index contributed by atoms with van der Waals surface area (Å²) in [4.78, 5) is 13.9. The van der Waals surface area contributed by atoms with Crippen molar-refractivity contribution < 1.29 is 9.90 Å². The molecule has 1 heterocycles. The van der Waals surface area contributed by atoms with Crippen LogP contribution in [0.15, 0.2) is 0 Å². The van der Waals surface area contributed by atoms with Crippen LogP contribution in [0.3, 0.4) is 0 Å². The van der Waals surface area contributed by atoms with E-state index in [9.17, 15) is 9.90 Å². The summed E-state index contributed by atoms with van der Waals surface area (Å²) in [6, 6.07) is 0. The van der Waals surface area contributed by atoms with Crippen LogP contribution in [0.5, 0.6) is 0 Å². The maximum absolute atomic E-state index is 12.0. The summed E-state index contributed by atoms with van der Waals surface area (Å²) in [5, 5.41) is 10.3. The van der Waals surface area contributed by atoms with Crippen molar-refractivity contribution >= 4 is 5.91 Å². The van der Waals surface area contributed by atoms with Crippen LogP contribution in [-0.2, 0) is 4.79 Å². The molecular formula is C15H27NO2. The first kappa shape index (κ1) is 13.9. The second-order valence-corrected chi connectivity index (χ2v) is 6.24. The molecule has 1 aliphatic heterocycles. The van der Waals surface area contributed by atoms with Crippen LogP contribution in [0, 0.1) is 11.8 Å². The molecule has 1 saturated carbocycles. The van der Waals surface area contributed by atoms with Crippen LogP contribution in [0.2, 0.25) is 0 Å². The highest BCUT2D eigenvalue weighted by atomic mass is 16.3. The molecule has 2 unspecified atom stereocenters. The zero-order valence-corrected chi connectivity index (χ0v) is 11.6. The van der Waals surface area contributed by atoms with Crippen molar-refractivity contribution in [2.45, 2.75) is 64.4 Å². The van der Waals surface area contributed by atoms with E-state index in [2.05, 4.69) is 6.92 Å². The number of nitrogens with zero attached hydrogens (tertiary/aromatic N) is 1. The minimum atomic E-state index is -0.303. The lowest BCUT2D eigenvalue weighted by Gasteiger charge is -2.31. The second-order valence-electron chi connectivity index (χ2n) is 6.24. The van der Waals surface area contributed by atoms with Crippen molar-refractivity contribution in [1.82, 2.24) is 4.90 Å². The first-order valence-electron chi connectivity index (χ1n) is 7.62. The molecule has 2 atom stereocenters. The lowest BCUT2D eigenvalue weighted by atomic mass is 9.85. The molecule has 104 valence electrons. The van der Waals surface area contributed by atoms with Crippen LogP contribution in [-0.4, -0.2) is 35.1 Å². The molecule has 0 bridgehead atoms. The molecule has 1 N–H and O–H groups in total. The summed E-state index contributed by atoms with van der Waals surface area (Å²) < 4.78 is 0. The number of hydrogen-bond acceptors (Lipinski definition) is 2. The van der Waals surface area contributed by atoms with Gasteiger partial charge < -0.3 is 10.0 Å². The molecule has 0 aromatic rings. The molecule has 2 fully saturated rings. The van der Waals surface area contributed by atoms with Crippen LogP contribution in [0.4, 0.5) is 0 Å². The van der Waals surface area contributed by atoms with E-state index in [1.165, 1.54) is 19.3 Å². The van der Waals surface area contributed by atoms with Crippen molar-refractivity contribution in [2.24, 2.45) is 11.8 Å². The van der Waals surface area contributed by atoms with Gasteiger partial charge in [-0.2, -0.15) is 0 Å². The number of amides is 1. The minimum Gasteiger partial charge on any atom is -0.391 e. The number of hydrogen-bond donors (Lipinski definition) is 1. The number of carbonyl (C=O) groups is 1. The molecule has 0 spiro atoms. The van der Waals surface area contributed by atoms with Gasteiger partial charge in [0.25, 0.3) is 0 Å². The summed E-state index contributed by atoms with van der Waals surface area (Å²) in [7, 11) is 0. The largest absolute Gasteiger partial charge is 0.391 e. The summed E-state index contributed by atoms with van der Waals surface area (Å²) in [6.45, 7) is 3.62. The summed E-state index contributed by atoms with van der Waals surface area (Å²) in [5.41, 5.74) is 0. The predicted octanol–water partition coefficient (Wildman–Crippen LogP) is 2.58. The Morgan fingerprint density at radius 3 is 2.67 bits per heavy atom. The molecule has 1 aliphatic carbocycles. The van der Waals surface area contributed by atoms with Gasteiger partial charge in [-0.15, -0.1) is 0 Å². The van der Waals surface area contributed by atoms with Crippen LogP contribution < -0.4 is 0 Å². The van der Waals surface area contributed by atoms with E-state index in [1.807, 2.05) is 4.90 Å². The number of β-amino-alcohol motifs (C(OH)–C–C–N with tert-alkyl or cyclic N) is 1. The molecule has 3 heteroatoms. The summed E-state index contributed by atoms with van der Waals surface area (Å²) in [5.74, 6) is 1.31. The highest BCUT2D eigenvalue weighted by Crippen LogP contribution is 2.27. The van der Waals surface area contributed by atoms with Gasteiger partial charge in [0.15, 0.2) is 0 Å². The Hall–Kier alpha value is -0.570. The number of rotatable bonds is 3. The van der Waals surface area contributed by atoms with E-state index in [1.54, 1.807) is 0 Å². The van der Waals surface area contributed by atoms with Gasteiger partial charge in [0.05, 0.1) is 6.10 Å². The lowest BCUT2D eigenvalue weighted by molar-refractivity contribution is -0.132. The molecule has 2 rings (SSSR count). The Labute approximate surface area is 111 Å². The van der Waals surface area contributed by atoms with Crippen molar-refractivity contribution in [1.29, 1.82) is 0 Å². The standard InChI is InChI=1S/C15H27NO2/c1-12-7-8-15(18)16(10-9-12)11-14(17)13-5-3-2-4-6-13/h12-14,17H,2-11H2,1H3. The summed E-state index contributed by atoms with van der Waals surface area (Å²) in [6.07, 6.45) is 8.53. The van der Waals surface area contributed by atoms with Crippen molar-refractivity contribution in [3.05, 3.63) is 0 Å². The minimum absolute atomic E-state index is 0.245. The Morgan fingerprint density at radius 2 is 1.94 bits per heavy atom. The van der Waals surface area contributed by atoms with E-state index in [4.69, 9.17) is 0 Å². The second kappa shape index (κ2) is 6.55. The Kier molecular flexibility index (Phi) is 5.04. The third-order valence-corrected chi connectivity index (χ3v) is 4.70. The molecule has 0 aromatic carbocycles. The topological polar surface area (TPSA) is 40.5 Å². The molecule has 0 radical (unpaired) electrons. The molecular weight excluding hydrogens is 226 g/mol. The average molecular weight is 253 g/mol. The van der Waals surface area contributed by atoms with Crippen LogP contribution in [0.25, 0.3) is 0 Å². The predicted molar refractivity (Wildman–Crippen MR) is 72.2 cm³/mol. The third kappa shape index (κ3) is 3.71. The third-order valence-electron chi connectivity index (χ3n) is 4.70. The van der Waals surface area contributed by atoms with E-state index < -0.39 is 0 Å². The zero-order chi connectivity index (χ0) is 13.0. The van der Waals surface area contributed by atoms with Gasteiger partial charge in [-0.25, -0.2) is 0 Å². The SMILES string of the molecule is CC1CCC(=O)N(CC(O)C2CCCCC2)CC1. The van der Waals surface area contributed by atoms with Crippen LogP contribution in [0.1, 0.15) is 58.3 Å². The smallest absolute Gasteiger partial charge is 0.222 e. The van der Waals surface area contributed by atoms with Crippen molar-refractivity contribution in [2.75, 3.05) is 13.1 Å². The monoisotopic (exact) mass is 253 g/mol. The Balaban J connectivity index is 1.84. The van der Waals surface area contributed by atoms with E-state index in [0.29, 0.717) is 24.8 Å². The first-order valence-corrected chi connectivity index (χ1v) is 7.62. The molecule has 18 heavy (non-hydrogen) atoms. The lowest BCUT2D eigenvalue weighted by Crippen LogP contribution is -2.40. The van der Waals surface area contributed by atoms with Gasteiger partial charge >= 0.3 is 0 Å². The highest BCUT2D eigenvalue weighted by Gasteiger charge is 2.27. The average Bonchev–Trinajstić information content (AvgIpc) is 2.55. The maximum atomic E-state index is 12.0. The molecule has 3 nitrogen and oxygen atoms in total. The first-order chi connectivity index (χ1) is 8.66. The molecule has 1 saturated heterocycles. The summed E-state index contributed by atoms with van der Waals surface area (Å²) >= 11 is 0. The number of aliphatic hydroxyl groups is 1. The van der Waals surface area contributed by atoms with Gasteiger partial charge in [0.2, 0.25) is 5.91 Å². The van der Waals surface area contributed by atoms with Gasteiger partial charge in [-0.1, -0.05) is 26.2 Å². The number of likely N-dealkylation sites (tertiary alicyclic amines) is 1. The fourth-order valence-corrected chi connectivity index (χ4v) is 3.26. The van der Waals surface area contributed by atoms with Gasteiger partial charge in [0.1, 0.15) is 0 Å².